The fourth-order valence-corrected chi connectivity index (χ4v) is 1.95. The molecule has 0 spiro atoms. The lowest BCUT2D eigenvalue weighted by Crippen LogP contribution is -2.51. The normalized spacial score (nSPS) is 17.6. The first-order chi connectivity index (χ1) is 9.65. The van der Waals surface area contributed by atoms with E-state index in [4.69, 9.17) is 9.47 Å². The molecule has 0 aromatic heterocycles. The van der Waals surface area contributed by atoms with E-state index in [2.05, 4.69) is 12.2 Å². The number of aliphatic hydroxyl groups excluding tert-OH is 1. The average molecular weight is 279 g/mol. The third kappa shape index (κ3) is 4.69. The number of ether oxygens (including phenoxy) is 2. The van der Waals surface area contributed by atoms with E-state index in [-0.39, 0.29) is 12.1 Å². The summed E-state index contributed by atoms with van der Waals surface area (Å²) in [5.41, 5.74) is -0.376. The average Bonchev–Trinajstić information content (AvgIpc) is 3.28. The zero-order chi connectivity index (χ0) is 14.4. The van der Waals surface area contributed by atoms with Crippen LogP contribution in [0.25, 0.3) is 0 Å². The summed E-state index contributed by atoms with van der Waals surface area (Å²) in [6.07, 6.45) is 3.39. The van der Waals surface area contributed by atoms with Gasteiger partial charge in [-0.15, -0.1) is 0 Å². The Kier molecular flexibility index (Phi) is 5.26. The second kappa shape index (κ2) is 6.95. The van der Waals surface area contributed by atoms with Crippen LogP contribution in [0.1, 0.15) is 33.1 Å². The van der Waals surface area contributed by atoms with Gasteiger partial charge in [0.15, 0.2) is 0 Å². The number of rotatable bonds is 9. The second-order valence-corrected chi connectivity index (χ2v) is 5.75. The van der Waals surface area contributed by atoms with Crippen LogP contribution in [-0.4, -0.2) is 36.5 Å². The standard InChI is InChI=1S/C16H25NO3/c1-3-10-19-14-6-8-15(9-7-14)20-12-16(2,11-18)17-13-4-5-13/h6-9,13,17-18H,3-5,10-12H2,1-2H3. The molecule has 1 saturated carbocycles. The molecule has 0 heterocycles. The van der Waals surface area contributed by atoms with Gasteiger partial charge < -0.3 is 19.9 Å². The van der Waals surface area contributed by atoms with Crippen molar-refractivity contribution >= 4 is 0 Å². The van der Waals surface area contributed by atoms with Crippen molar-refractivity contribution in [1.82, 2.24) is 5.32 Å². The fraction of sp³-hybridized carbons (Fsp3) is 0.625. The molecule has 0 saturated heterocycles. The van der Waals surface area contributed by atoms with Gasteiger partial charge >= 0.3 is 0 Å². The van der Waals surface area contributed by atoms with Crippen LogP contribution in [0.15, 0.2) is 24.3 Å². The van der Waals surface area contributed by atoms with E-state index in [0.29, 0.717) is 12.6 Å². The molecule has 0 radical (unpaired) electrons. The Hall–Kier alpha value is -1.26. The third-order valence-corrected chi connectivity index (χ3v) is 3.33. The molecule has 4 heteroatoms. The molecule has 4 nitrogen and oxygen atoms in total. The van der Waals surface area contributed by atoms with Crippen LogP contribution in [0.5, 0.6) is 11.5 Å². The van der Waals surface area contributed by atoms with Crippen molar-refractivity contribution in [2.45, 2.75) is 44.7 Å². The molecule has 2 rings (SSSR count). The van der Waals surface area contributed by atoms with Crippen molar-refractivity contribution in [3.05, 3.63) is 24.3 Å². The number of aliphatic hydroxyl groups is 1. The Balaban J connectivity index is 1.82. The summed E-state index contributed by atoms with van der Waals surface area (Å²) in [4.78, 5) is 0. The SMILES string of the molecule is CCCOc1ccc(OCC(C)(CO)NC2CC2)cc1. The van der Waals surface area contributed by atoms with E-state index in [1.165, 1.54) is 12.8 Å². The van der Waals surface area contributed by atoms with Gasteiger partial charge in [-0.1, -0.05) is 6.92 Å². The molecule has 112 valence electrons. The van der Waals surface area contributed by atoms with Gasteiger partial charge in [0, 0.05) is 6.04 Å². The van der Waals surface area contributed by atoms with Crippen LogP contribution in [0.3, 0.4) is 0 Å². The van der Waals surface area contributed by atoms with E-state index in [1.807, 2.05) is 31.2 Å². The van der Waals surface area contributed by atoms with Gasteiger partial charge in [0.1, 0.15) is 18.1 Å². The molecule has 1 aliphatic rings. The van der Waals surface area contributed by atoms with Gasteiger partial charge in [0.2, 0.25) is 0 Å². The Bertz CT molecular complexity index is 403. The van der Waals surface area contributed by atoms with Gasteiger partial charge in [0.25, 0.3) is 0 Å². The highest BCUT2D eigenvalue weighted by atomic mass is 16.5. The first kappa shape index (κ1) is 15.1. The monoisotopic (exact) mass is 279 g/mol. The van der Waals surface area contributed by atoms with Gasteiger partial charge in [-0.25, -0.2) is 0 Å². The minimum atomic E-state index is -0.376. The predicted molar refractivity (Wildman–Crippen MR) is 79.4 cm³/mol. The second-order valence-electron chi connectivity index (χ2n) is 5.75. The van der Waals surface area contributed by atoms with E-state index in [9.17, 15) is 5.11 Å². The largest absolute Gasteiger partial charge is 0.494 e. The number of nitrogens with one attached hydrogen (secondary N) is 1. The maximum atomic E-state index is 9.52. The molecule has 2 N–H and O–H groups in total. The third-order valence-electron chi connectivity index (χ3n) is 3.33. The van der Waals surface area contributed by atoms with Crippen LogP contribution in [0, 0.1) is 0 Å². The van der Waals surface area contributed by atoms with E-state index in [0.717, 1.165) is 24.5 Å². The van der Waals surface area contributed by atoms with E-state index >= 15 is 0 Å². The van der Waals surface area contributed by atoms with Crippen LogP contribution >= 0.6 is 0 Å². The predicted octanol–water partition coefficient (Wildman–Crippen LogP) is 2.36. The maximum absolute atomic E-state index is 9.52. The first-order valence-electron chi connectivity index (χ1n) is 7.39. The lowest BCUT2D eigenvalue weighted by atomic mass is 10.1. The number of hydrogen-bond donors (Lipinski definition) is 2. The summed E-state index contributed by atoms with van der Waals surface area (Å²) in [7, 11) is 0. The van der Waals surface area contributed by atoms with Gasteiger partial charge in [-0.05, 0) is 50.5 Å². The summed E-state index contributed by atoms with van der Waals surface area (Å²) < 4.78 is 11.3. The van der Waals surface area contributed by atoms with Gasteiger partial charge in [-0.3, -0.25) is 0 Å². The minimum Gasteiger partial charge on any atom is -0.494 e. The molecule has 1 atom stereocenters. The first-order valence-corrected chi connectivity index (χ1v) is 7.39. The molecule has 1 fully saturated rings. The molecular weight excluding hydrogens is 254 g/mol. The van der Waals surface area contributed by atoms with Crippen LogP contribution in [0.2, 0.25) is 0 Å². The van der Waals surface area contributed by atoms with Crippen LogP contribution in [0.4, 0.5) is 0 Å². The van der Waals surface area contributed by atoms with Crippen LogP contribution < -0.4 is 14.8 Å². The lowest BCUT2D eigenvalue weighted by Gasteiger charge is -2.28. The zero-order valence-electron chi connectivity index (χ0n) is 12.4. The summed E-state index contributed by atoms with van der Waals surface area (Å²) in [5, 5.41) is 12.9. The van der Waals surface area contributed by atoms with E-state index < -0.39 is 0 Å². The lowest BCUT2D eigenvalue weighted by molar-refractivity contribution is 0.114. The van der Waals surface area contributed by atoms with Crippen molar-refractivity contribution in [2.75, 3.05) is 19.8 Å². The summed E-state index contributed by atoms with van der Waals surface area (Å²) in [6, 6.07) is 8.17. The number of benzene rings is 1. The zero-order valence-corrected chi connectivity index (χ0v) is 12.4. The Morgan fingerprint density at radius 1 is 1.20 bits per heavy atom. The fourth-order valence-electron chi connectivity index (χ4n) is 1.95. The van der Waals surface area contributed by atoms with Crippen molar-refractivity contribution in [1.29, 1.82) is 0 Å². The van der Waals surface area contributed by atoms with Crippen molar-refractivity contribution < 1.29 is 14.6 Å². The highest BCUT2D eigenvalue weighted by Crippen LogP contribution is 2.23. The molecule has 0 amide bonds. The minimum absolute atomic E-state index is 0.0706. The Morgan fingerprint density at radius 3 is 2.30 bits per heavy atom. The van der Waals surface area contributed by atoms with Gasteiger partial charge in [-0.2, -0.15) is 0 Å². The number of hydrogen-bond acceptors (Lipinski definition) is 4. The Morgan fingerprint density at radius 2 is 1.80 bits per heavy atom. The summed E-state index contributed by atoms with van der Waals surface area (Å²) >= 11 is 0. The molecule has 0 aliphatic heterocycles. The molecule has 1 aliphatic carbocycles. The van der Waals surface area contributed by atoms with Crippen molar-refractivity contribution in [3.8, 4) is 11.5 Å². The highest BCUT2D eigenvalue weighted by molar-refractivity contribution is 5.31. The molecule has 0 bridgehead atoms. The topological polar surface area (TPSA) is 50.7 Å². The summed E-state index contributed by atoms with van der Waals surface area (Å²) in [6.45, 7) is 5.33. The van der Waals surface area contributed by atoms with E-state index in [1.54, 1.807) is 0 Å². The highest BCUT2D eigenvalue weighted by Gasteiger charge is 2.32. The van der Waals surface area contributed by atoms with Crippen molar-refractivity contribution in [2.24, 2.45) is 0 Å². The Labute approximate surface area is 121 Å². The molecule has 1 aromatic rings. The van der Waals surface area contributed by atoms with Gasteiger partial charge in [0.05, 0.1) is 18.8 Å². The van der Waals surface area contributed by atoms with Crippen LogP contribution in [-0.2, 0) is 0 Å². The molecule has 1 unspecified atom stereocenters. The molecule has 1 aromatic carbocycles. The smallest absolute Gasteiger partial charge is 0.119 e. The quantitative estimate of drug-likeness (QED) is 0.728. The molecule has 20 heavy (non-hydrogen) atoms. The molecular formula is C16H25NO3. The van der Waals surface area contributed by atoms with Crippen molar-refractivity contribution in [3.63, 3.8) is 0 Å². The maximum Gasteiger partial charge on any atom is 0.119 e. The summed E-state index contributed by atoms with van der Waals surface area (Å²) in [5.74, 6) is 1.66.